The SMILES string of the molecule is O=C(CCNC1CC1)Nc1cccc(-c2nccs2)c1. The summed E-state index contributed by atoms with van der Waals surface area (Å²) in [5.74, 6) is 0.0504. The van der Waals surface area contributed by atoms with Crippen LogP contribution < -0.4 is 10.6 Å². The first-order chi connectivity index (χ1) is 9.81. The zero-order valence-electron chi connectivity index (χ0n) is 11.1. The number of carbonyl (C=O) groups is 1. The van der Waals surface area contributed by atoms with E-state index in [0.717, 1.165) is 22.8 Å². The summed E-state index contributed by atoms with van der Waals surface area (Å²) in [6.07, 6.45) is 4.79. The molecule has 1 fully saturated rings. The molecule has 2 aromatic rings. The predicted octanol–water partition coefficient (Wildman–Crippen LogP) is 2.89. The summed E-state index contributed by atoms with van der Waals surface area (Å²) >= 11 is 1.59. The van der Waals surface area contributed by atoms with Crippen LogP contribution in [0.3, 0.4) is 0 Å². The normalized spacial score (nSPS) is 14.2. The van der Waals surface area contributed by atoms with Crippen LogP contribution in [0.15, 0.2) is 35.8 Å². The fraction of sp³-hybridized carbons (Fsp3) is 0.333. The van der Waals surface area contributed by atoms with Gasteiger partial charge in [0, 0.05) is 41.8 Å². The Hall–Kier alpha value is -1.72. The summed E-state index contributed by atoms with van der Waals surface area (Å²) in [6.45, 7) is 0.753. The fourth-order valence-electron chi connectivity index (χ4n) is 2.00. The molecule has 2 N–H and O–H groups in total. The van der Waals surface area contributed by atoms with E-state index < -0.39 is 0 Å². The number of aromatic nitrogens is 1. The Morgan fingerprint density at radius 3 is 3.05 bits per heavy atom. The Labute approximate surface area is 122 Å². The van der Waals surface area contributed by atoms with Crippen LogP contribution in [0, 0.1) is 0 Å². The van der Waals surface area contributed by atoms with E-state index in [1.54, 1.807) is 17.5 Å². The molecule has 0 unspecified atom stereocenters. The van der Waals surface area contributed by atoms with Gasteiger partial charge in [-0.15, -0.1) is 11.3 Å². The van der Waals surface area contributed by atoms with E-state index in [9.17, 15) is 4.79 Å². The zero-order chi connectivity index (χ0) is 13.8. The maximum atomic E-state index is 11.8. The second-order valence-electron chi connectivity index (χ2n) is 4.94. The molecule has 1 aliphatic carbocycles. The topological polar surface area (TPSA) is 54.0 Å². The largest absolute Gasteiger partial charge is 0.326 e. The lowest BCUT2D eigenvalue weighted by Gasteiger charge is -2.07. The van der Waals surface area contributed by atoms with E-state index >= 15 is 0 Å². The van der Waals surface area contributed by atoms with Gasteiger partial charge in [-0.1, -0.05) is 12.1 Å². The number of anilines is 1. The molecule has 20 heavy (non-hydrogen) atoms. The molecule has 104 valence electrons. The zero-order valence-corrected chi connectivity index (χ0v) is 12.0. The number of hydrogen-bond donors (Lipinski definition) is 2. The molecule has 0 radical (unpaired) electrons. The highest BCUT2D eigenvalue weighted by Crippen LogP contribution is 2.24. The number of nitrogens with zero attached hydrogens (tertiary/aromatic N) is 1. The minimum atomic E-state index is 0.0504. The highest BCUT2D eigenvalue weighted by molar-refractivity contribution is 7.13. The third-order valence-corrected chi connectivity index (χ3v) is 4.01. The molecule has 5 heteroatoms. The molecule has 0 aliphatic heterocycles. The first-order valence-corrected chi connectivity index (χ1v) is 7.72. The molecule has 1 heterocycles. The average Bonchev–Trinajstić information content (AvgIpc) is 3.10. The Morgan fingerprint density at radius 2 is 2.30 bits per heavy atom. The van der Waals surface area contributed by atoms with Crippen molar-refractivity contribution in [2.24, 2.45) is 0 Å². The number of hydrogen-bond acceptors (Lipinski definition) is 4. The Kier molecular flexibility index (Phi) is 4.08. The van der Waals surface area contributed by atoms with Crippen molar-refractivity contribution in [3.63, 3.8) is 0 Å². The number of benzene rings is 1. The summed E-state index contributed by atoms with van der Waals surface area (Å²) in [5.41, 5.74) is 1.86. The van der Waals surface area contributed by atoms with Crippen LogP contribution in [-0.4, -0.2) is 23.5 Å². The van der Waals surface area contributed by atoms with Crippen LogP contribution in [-0.2, 0) is 4.79 Å². The standard InChI is InChI=1S/C15H17N3OS/c19-14(6-7-16-12-4-5-12)18-13-3-1-2-11(10-13)15-17-8-9-20-15/h1-3,8-10,12,16H,4-7H2,(H,18,19). The van der Waals surface area contributed by atoms with E-state index in [-0.39, 0.29) is 5.91 Å². The lowest BCUT2D eigenvalue weighted by molar-refractivity contribution is -0.116. The Balaban J connectivity index is 1.56. The highest BCUT2D eigenvalue weighted by Gasteiger charge is 2.20. The van der Waals surface area contributed by atoms with Crippen molar-refractivity contribution in [2.75, 3.05) is 11.9 Å². The number of nitrogens with one attached hydrogen (secondary N) is 2. The van der Waals surface area contributed by atoms with Crippen LogP contribution in [0.5, 0.6) is 0 Å². The van der Waals surface area contributed by atoms with Crippen molar-refractivity contribution >= 4 is 22.9 Å². The molecule has 0 atom stereocenters. The van der Waals surface area contributed by atoms with Crippen molar-refractivity contribution in [3.8, 4) is 10.6 Å². The molecule has 4 nitrogen and oxygen atoms in total. The van der Waals surface area contributed by atoms with Gasteiger partial charge in [0.15, 0.2) is 0 Å². The maximum absolute atomic E-state index is 11.8. The first-order valence-electron chi connectivity index (χ1n) is 6.84. The second-order valence-corrected chi connectivity index (χ2v) is 5.84. The summed E-state index contributed by atoms with van der Waals surface area (Å²) in [5, 5.41) is 9.19. The van der Waals surface area contributed by atoms with E-state index in [1.165, 1.54) is 12.8 Å². The van der Waals surface area contributed by atoms with Gasteiger partial charge in [0.2, 0.25) is 5.91 Å². The van der Waals surface area contributed by atoms with Crippen molar-refractivity contribution in [3.05, 3.63) is 35.8 Å². The minimum Gasteiger partial charge on any atom is -0.326 e. The lowest BCUT2D eigenvalue weighted by atomic mass is 10.2. The number of rotatable bonds is 6. The third kappa shape index (κ3) is 3.65. The second kappa shape index (κ2) is 6.15. The Morgan fingerprint density at radius 1 is 1.40 bits per heavy atom. The summed E-state index contributed by atoms with van der Waals surface area (Å²) in [6, 6.07) is 8.46. The van der Waals surface area contributed by atoms with Crippen molar-refractivity contribution < 1.29 is 4.79 Å². The smallest absolute Gasteiger partial charge is 0.225 e. The van der Waals surface area contributed by atoms with Crippen LogP contribution in [0.2, 0.25) is 0 Å². The summed E-state index contributed by atoms with van der Waals surface area (Å²) in [7, 11) is 0. The molecule has 1 aromatic carbocycles. The lowest BCUT2D eigenvalue weighted by Crippen LogP contribution is -2.23. The minimum absolute atomic E-state index is 0.0504. The van der Waals surface area contributed by atoms with Gasteiger partial charge in [0.25, 0.3) is 0 Å². The van der Waals surface area contributed by atoms with E-state index in [4.69, 9.17) is 0 Å². The molecule has 0 saturated heterocycles. The third-order valence-electron chi connectivity index (χ3n) is 3.19. The van der Waals surface area contributed by atoms with Crippen LogP contribution in [0.1, 0.15) is 19.3 Å². The molecule has 1 amide bonds. The van der Waals surface area contributed by atoms with Gasteiger partial charge in [-0.25, -0.2) is 4.98 Å². The van der Waals surface area contributed by atoms with Gasteiger partial charge in [-0.3, -0.25) is 4.79 Å². The van der Waals surface area contributed by atoms with E-state index in [0.29, 0.717) is 12.5 Å². The molecular formula is C15H17N3OS. The molecule has 1 aliphatic rings. The molecule has 0 bridgehead atoms. The van der Waals surface area contributed by atoms with Crippen molar-refractivity contribution in [2.45, 2.75) is 25.3 Å². The number of carbonyl (C=O) groups excluding carboxylic acids is 1. The molecule has 3 rings (SSSR count). The van der Waals surface area contributed by atoms with Crippen LogP contribution >= 0.6 is 11.3 Å². The first kappa shape index (κ1) is 13.3. The van der Waals surface area contributed by atoms with E-state index in [2.05, 4.69) is 15.6 Å². The molecule has 0 spiro atoms. The van der Waals surface area contributed by atoms with Gasteiger partial charge < -0.3 is 10.6 Å². The Bertz CT molecular complexity index is 579. The van der Waals surface area contributed by atoms with Crippen LogP contribution in [0.25, 0.3) is 10.6 Å². The predicted molar refractivity (Wildman–Crippen MR) is 81.8 cm³/mol. The van der Waals surface area contributed by atoms with Crippen molar-refractivity contribution in [1.29, 1.82) is 0 Å². The van der Waals surface area contributed by atoms with Gasteiger partial charge in [0.05, 0.1) is 0 Å². The van der Waals surface area contributed by atoms with Gasteiger partial charge >= 0.3 is 0 Å². The number of thiazole rings is 1. The molecule has 1 aromatic heterocycles. The van der Waals surface area contributed by atoms with Crippen LogP contribution in [0.4, 0.5) is 5.69 Å². The quantitative estimate of drug-likeness (QED) is 0.859. The van der Waals surface area contributed by atoms with Crippen molar-refractivity contribution in [1.82, 2.24) is 10.3 Å². The van der Waals surface area contributed by atoms with Gasteiger partial charge in [-0.05, 0) is 25.0 Å². The molecule has 1 saturated carbocycles. The fourth-order valence-corrected chi connectivity index (χ4v) is 2.63. The number of amides is 1. The molecular weight excluding hydrogens is 270 g/mol. The highest BCUT2D eigenvalue weighted by atomic mass is 32.1. The monoisotopic (exact) mass is 287 g/mol. The summed E-state index contributed by atoms with van der Waals surface area (Å²) in [4.78, 5) is 16.1. The maximum Gasteiger partial charge on any atom is 0.225 e. The summed E-state index contributed by atoms with van der Waals surface area (Å²) < 4.78 is 0. The van der Waals surface area contributed by atoms with E-state index in [1.807, 2.05) is 29.6 Å². The average molecular weight is 287 g/mol. The van der Waals surface area contributed by atoms with Gasteiger partial charge in [0.1, 0.15) is 5.01 Å². The van der Waals surface area contributed by atoms with Gasteiger partial charge in [-0.2, -0.15) is 0 Å².